The van der Waals surface area contributed by atoms with Gasteiger partial charge in [-0.25, -0.2) is 0 Å². The fourth-order valence-electron chi connectivity index (χ4n) is 1.86. The zero-order valence-electron chi connectivity index (χ0n) is 11.9. The summed E-state index contributed by atoms with van der Waals surface area (Å²) in [5, 5.41) is 24.1. The Balaban J connectivity index is 3.27. The van der Waals surface area contributed by atoms with Crippen molar-refractivity contribution in [3.05, 3.63) is 38.2 Å². The third-order valence-corrected chi connectivity index (χ3v) is 2.84. The SMILES string of the molecule is CC(C)CC(Nc1cc(F)c([N+](=O)[O-])cc1[N+](=O)[O-])C(N)=O. The minimum Gasteiger partial charge on any atom is -0.368 e. The number of carbonyl (C=O) groups excluding carboxylic acids is 1. The van der Waals surface area contributed by atoms with Crippen LogP contribution in [0, 0.1) is 32.0 Å². The first kappa shape index (κ1) is 17.3. The second-order valence-electron chi connectivity index (χ2n) is 5.06. The lowest BCUT2D eigenvalue weighted by Crippen LogP contribution is -2.36. The first-order valence-electron chi connectivity index (χ1n) is 6.31. The van der Waals surface area contributed by atoms with E-state index >= 15 is 0 Å². The van der Waals surface area contributed by atoms with Crippen LogP contribution in [0.4, 0.5) is 21.5 Å². The van der Waals surface area contributed by atoms with Crippen molar-refractivity contribution < 1.29 is 19.0 Å². The normalized spacial score (nSPS) is 12.0. The molecule has 9 nitrogen and oxygen atoms in total. The van der Waals surface area contributed by atoms with E-state index in [-0.39, 0.29) is 18.0 Å². The molecule has 1 atom stereocenters. The minimum absolute atomic E-state index is 0.0481. The smallest absolute Gasteiger partial charge is 0.311 e. The maximum atomic E-state index is 13.6. The standard InChI is InChI=1S/C12H15FN4O5/c1-6(2)3-9(12(14)18)15-8-4-7(13)10(16(19)20)5-11(8)17(21)22/h4-6,9,15H,3H2,1-2H3,(H2,14,18). The Kier molecular flexibility index (Phi) is 5.33. The molecule has 1 aromatic carbocycles. The van der Waals surface area contributed by atoms with Gasteiger partial charge in [0.2, 0.25) is 11.7 Å². The molecule has 120 valence electrons. The van der Waals surface area contributed by atoms with Crippen LogP contribution in [0.5, 0.6) is 0 Å². The van der Waals surface area contributed by atoms with E-state index in [4.69, 9.17) is 5.73 Å². The number of primary amides is 1. The Morgan fingerprint density at radius 1 is 1.27 bits per heavy atom. The number of nitrogens with zero attached hydrogens (tertiary/aromatic N) is 2. The molecule has 1 unspecified atom stereocenters. The second-order valence-corrected chi connectivity index (χ2v) is 5.06. The first-order chi connectivity index (χ1) is 10.1. The zero-order chi connectivity index (χ0) is 17.0. The van der Waals surface area contributed by atoms with Gasteiger partial charge in [-0.1, -0.05) is 13.8 Å². The number of hydrogen-bond donors (Lipinski definition) is 2. The molecule has 0 aliphatic rings. The largest absolute Gasteiger partial charge is 0.368 e. The number of nitrogens with one attached hydrogen (secondary N) is 1. The summed E-state index contributed by atoms with van der Waals surface area (Å²) in [6.45, 7) is 3.62. The number of hydrogen-bond acceptors (Lipinski definition) is 6. The van der Waals surface area contributed by atoms with Crippen molar-refractivity contribution in [2.75, 3.05) is 5.32 Å². The van der Waals surface area contributed by atoms with Crippen LogP contribution in [0.15, 0.2) is 12.1 Å². The van der Waals surface area contributed by atoms with Crippen LogP contribution in [-0.4, -0.2) is 21.8 Å². The van der Waals surface area contributed by atoms with Crippen LogP contribution in [0.3, 0.4) is 0 Å². The molecule has 0 saturated carbocycles. The summed E-state index contributed by atoms with van der Waals surface area (Å²) in [5.41, 5.74) is 3.14. The predicted octanol–water partition coefficient (Wildman–Crippen LogP) is 1.95. The lowest BCUT2D eigenvalue weighted by atomic mass is 10.0. The molecule has 0 heterocycles. The quantitative estimate of drug-likeness (QED) is 0.582. The molecule has 0 aliphatic carbocycles. The van der Waals surface area contributed by atoms with Gasteiger partial charge in [0.15, 0.2) is 0 Å². The van der Waals surface area contributed by atoms with Gasteiger partial charge in [-0.2, -0.15) is 4.39 Å². The number of rotatable bonds is 7. The second kappa shape index (κ2) is 6.78. The summed E-state index contributed by atoms with van der Waals surface area (Å²) >= 11 is 0. The predicted molar refractivity (Wildman–Crippen MR) is 75.8 cm³/mol. The lowest BCUT2D eigenvalue weighted by Gasteiger charge is -2.18. The van der Waals surface area contributed by atoms with Crippen molar-refractivity contribution in [2.24, 2.45) is 11.7 Å². The van der Waals surface area contributed by atoms with E-state index in [1.54, 1.807) is 0 Å². The van der Waals surface area contributed by atoms with Crippen LogP contribution in [0.25, 0.3) is 0 Å². The topological polar surface area (TPSA) is 141 Å². The summed E-state index contributed by atoms with van der Waals surface area (Å²) < 4.78 is 13.6. The van der Waals surface area contributed by atoms with Gasteiger partial charge in [-0.3, -0.25) is 25.0 Å². The van der Waals surface area contributed by atoms with Crippen molar-refractivity contribution in [1.29, 1.82) is 0 Å². The van der Waals surface area contributed by atoms with E-state index in [2.05, 4.69) is 5.32 Å². The van der Waals surface area contributed by atoms with Crippen molar-refractivity contribution in [1.82, 2.24) is 0 Å². The van der Waals surface area contributed by atoms with Crippen molar-refractivity contribution in [3.63, 3.8) is 0 Å². The summed E-state index contributed by atoms with van der Waals surface area (Å²) in [6, 6.07) is 0.164. The number of nitro groups is 2. The van der Waals surface area contributed by atoms with E-state index < -0.39 is 39.0 Å². The highest BCUT2D eigenvalue weighted by molar-refractivity contribution is 5.84. The maximum absolute atomic E-state index is 13.6. The fourth-order valence-corrected chi connectivity index (χ4v) is 1.86. The average molecular weight is 314 g/mol. The van der Waals surface area contributed by atoms with Crippen LogP contribution >= 0.6 is 0 Å². The van der Waals surface area contributed by atoms with Crippen LogP contribution < -0.4 is 11.1 Å². The molecule has 0 aromatic heterocycles. The Morgan fingerprint density at radius 3 is 2.23 bits per heavy atom. The summed E-state index contributed by atoms with van der Waals surface area (Å²) in [6.07, 6.45) is 0.269. The molecular weight excluding hydrogens is 299 g/mol. The average Bonchev–Trinajstić information content (AvgIpc) is 2.36. The molecule has 0 saturated heterocycles. The Hall–Kier alpha value is -2.78. The number of nitrogens with two attached hydrogens (primary N) is 1. The zero-order valence-corrected chi connectivity index (χ0v) is 11.9. The molecule has 0 radical (unpaired) electrons. The van der Waals surface area contributed by atoms with Gasteiger partial charge in [-0.05, 0) is 12.3 Å². The molecule has 0 bridgehead atoms. The van der Waals surface area contributed by atoms with E-state index in [0.29, 0.717) is 12.1 Å². The van der Waals surface area contributed by atoms with Crippen LogP contribution in [0.2, 0.25) is 0 Å². The van der Waals surface area contributed by atoms with E-state index in [0.717, 1.165) is 0 Å². The van der Waals surface area contributed by atoms with Crippen molar-refractivity contribution in [2.45, 2.75) is 26.3 Å². The van der Waals surface area contributed by atoms with Gasteiger partial charge in [0.25, 0.3) is 5.69 Å². The molecule has 1 aromatic rings. The highest BCUT2D eigenvalue weighted by atomic mass is 19.1. The lowest BCUT2D eigenvalue weighted by molar-refractivity contribution is -0.395. The number of anilines is 1. The van der Waals surface area contributed by atoms with Crippen LogP contribution in [-0.2, 0) is 4.79 Å². The van der Waals surface area contributed by atoms with Gasteiger partial charge >= 0.3 is 5.69 Å². The number of halogens is 1. The van der Waals surface area contributed by atoms with E-state index in [9.17, 15) is 29.4 Å². The number of amides is 1. The fraction of sp³-hybridized carbons (Fsp3) is 0.417. The third kappa shape index (κ3) is 4.11. The molecule has 0 aliphatic heterocycles. The molecule has 1 amide bonds. The highest BCUT2D eigenvalue weighted by Crippen LogP contribution is 2.32. The van der Waals surface area contributed by atoms with Crippen molar-refractivity contribution >= 4 is 23.0 Å². The molecule has 22 heavy (non-hydrogen) atoms. The highest BCUT2D eigenvalue weighted by Gasteiger charge is 2.27. The molecule has 3 N–H and O–H groups in total. The molecule has 10 heteroatoms. The van der Waals surface area contributed by atoms with Gasteiger partial charge in [0.05, 0.1) is 15.9 Å². The van der Waals surface area contributed by atoms with Gasteiger partial charge in [0.1, 0.15) is 11.7 Å². The van der Waals surface area contributed by atoms with E-state index in [1.807, 2.05) is 13.8 Å². The van der Waals surface area contributed by atoms with Crippen molar-refractivity contribution in [3.8, 4) is 0 Å². The molecule has 0 fully saturated rings. The Bertz CT molecular complexity index is 620. The monoisotopic (exact) mass is 314 g/mol. The maximum Gasteiger partial charge on any atom is 0.311 e. The third-order valence-electron chi connectivity index (χ3n) is 2.84. The number of benzene rings is 1. The molecule has 0 spiro atoms. The van der Waals surface area contributed by atoms with Crippen LogP contribution in [0.1, 0.15) is 20.3 Å². The Morgan fingerprint density at radius 2 is 1.82 bits per heavy atom. The molecular formula is C12H15FN4O5. The number of carbonyl (C=O) groups is 1. The van der Waals surface area contributed by atoms with Gasteiger partial charge in [-0.15, -0.1) is 0 Å². The number of nitro benzene ring substituents is 2. The van der Waals surface area contributed by atoms with Gasteiger partial charge < -0.3 is 11.1 Å². The first-order valence-corrected chi connectivity index (χ1v) is 6.31. The minimum atomic E-state index is -1.24. The summed E-state index contributed by atoms with van der Waals surface area (Å²) in [5.74, 6) is -1.96. The summed E-state index contributed by atoms with van der Waals surface area (Å²) in [4.78, 5) is 31.0. The van der Waals surface area contributed by atoms with Gasteiger partial charge in [0, 0.05) is 6.07 Å². The summed E-state index contributed by atoms with van der Waals surface area (Å²) in [7, 11) is 0. The van der Waals surface area contributed by atoms with E-state index in [1.165, 1.54) is 0 Å². The molecule has 1 rings (SSSR count). The Labute approximate surface area is 124 Å².